The van der Waals surface area contributed by atoms with E-state index in [0.717, 1.165) is 46.3 Å². The van der Waals surface area contributed by atoms with Gasteiger partial charge < -0.3 is 14.4 Å². The van der Waals surface area contributed by atoms with E-state index in [-0.39, 0.29) is 18.5 Å². The van der Waals surface area contributed by atoms with Crippen LogP contribution in [0.4, 0.5) is 4.39 Å². The fraction of sp³-hybridized carbons (Fsp3) is 0.385. The fourth-order valence-corrected chi connectivity index (χ4v) is 5.32. The van der Waals surface area contributed by atoms with Crippen molar-refractivity contribution >= 4 is 21.6 Å². The highest BCUT2D eigenvalue weighted by Gasteiger charge is 2.26. The quantitative estimate of drug-likeness (QED) is 0.389. The van der Waals surface area contributed by atoms with Crippen molar-refractivity contribution in [3.8, 4) is 17.1 Å². The van der Waals surface area contributed by atoms with Crippen LogP contribution in [0.3, 0.4) is 0 Å². The summed E-state index contributed by atoms with van der Waals surface area (Å²) >= 11 is 1.66. The van der Waals surface area contributed by atoms with E-state index < -0.39 is 6.10 Å². The van der Waals surface area contributed by atoms with Crippen LogP contribution in [0.25, 0.3) is 21.5 Å². The number of halogens is 1. The molecule has 0 radical (unpaired) electrons. The largest absolute Gasteiger partial charge is 0.491 e. The van der Waals surface area contributed by atoms with E-state index in [0.29, 0.717) is 24.4 Å². The minimum atomic E-state index is -0.583. The first-order valence-electron chi connectivity index (χ1n) is 11.8. The lowest BCUT2D eigenvalue weighted by Crippen LogP contribution is -2.53. The summed E-state index contributed by atoms with van der Waals surface area (Å²) in [5.41, 5.74) is 2.13. The maximum Gasteiger partial charge on any atom is 0.170 e. The van der Waals surface area contributed by atoms with E-state index in [9.17, 15) is 9.50 Å². The molecular formula is C26H29FN4O3S. The van der Waals surface area contributed by atoms with E-state index >= 15 is 0 Å². The van der Waals surface area contributed by atoms with Crippen molar-refractivity contribution < 1.29 is 18.8 Å². The average molecular weight is 497 g/mol. The van der Waals surface area contributed by atoms with E-state index in [1.807, 2.05) is 31.2 Å². The summed E-state index contributed by atoms with van der Waals surface area (Å²) in [6.45, 7) is 8.09. The second-order valence-corrected chi connectivity index (χ2v) is 10.3. The van der Waals surface area contributed by atoms with E-state index in [2.05, 4.69) is 26.9 Å². The summed E-state index contributed by atoms with van der Waals surface area (Å²) in [4.78, 5) is 9.08. The van der Waals surface area contributed by atoms with Gasteiger partial charge in [-0.25, -0.2) is 9.37 Å². The minimum absolute atomic E-state index is 0.237. The maximum atomic E-state index is 14.0. The SMILES string of the molecule is Cc1nc2cc(OC[C@@H](O)CN3CCN(Cc4cc(-c5ccccc5F)on4)C(C)C3)ccc2s1. The molecule has 35 heavy (non-hydrogen) atoms. The Balaban J connectivity index is 1.10. The number of thiazole rings is 1. The molecule has 1 saturated heterocycles. The zero-order valence-corrected chi connectivity index (χ0v) is 20.7. The zero-order valence-electron chi connectivity index (χ0n) is 19.9. The lowest BCUT2D eigenvalue weighted by molar-refractivity contribution is 0.0250. The Morgan fingerprint density at radius 1 is 1.23 bits per heavy atom. The van der Waals surface area contributed by atoms with Crippen LogP contribution in [0.2, 0.25) is 0 Å². The van der Waals surface area contributed by atoms with Crippen LogP contribution in [-0.2, 0) is 6.54 Å². The molecule has 0 amide bonds. The Labute approximate surface area is 207 Å². The van der Waals surface area contributed by atoms with Gasteiger partial charge in [0.05, 0.1) is 26.5 Å². The number of aromatic nitrogens is 2. The molecule has 4 aromatic rings. The third kappa shape index (κ3) is 5.70. The molecule has 1 N–H and O–H groups in total. The van der Waals surface area contributed by atoms with Crippen molar-refractivity contribution in [3.63, 3.8) is 0 Å². The molecule has 0 spiro atoms. The molecule has 2 aromatic carbocycles. The Morgan fingerprint density at radius 3 is 2.91 bits per heavy atom. The highest BCUT2D eigenvalue weighted by molar-refractivity contribution is 7.18. The van der Waals surface area contributed by atoms with Crippen molar-refractivity contribution in [1.29, 1.82) is 0 Å². The molecule has 0 bridgehead atoms. The lowest BCUT2D eigenvalue weighted by atomic mass is 10.1. The van der Waals surface area contributed by atoms with Gasteiger partial charge in [-0.1, -0.05) is 17.3 Å². The number of piperazine rings is 1. The third-order valence-electron chi connectivity index (χ3n) is 6.29. The van der Waals surface area contributed by atoms with Crippen molar-refractivity contribution in [2.45, 2.75) is 32.5 Å². The Morgan fingerprint density at radius 2 is 2.09 bits per heavy atom. The number of β-amino-alcohol motifs (C(OH)–C–C–N with tert-alkyl or cyclic N) is 1. The summed E-state index contributed by atoms with van der Waals surface area (Å²) in [5.74, 6) is 0.845. The number of aryl methyl sites for hydroxylation is 1. The normalized spacial score (nSPS) is 18.2. The molecule has 1 fully saturated rings. The van der Waals surface area contributed by atoms with Crippen LogP contribution in [0, 0.1) is 12.7 Å². The highest BCUT2D eigenvalue weighted by Crippen LogP contribution is 2.26. The first kappa shape index (κ1) is 23.9. The predicted octanol–water partition coefficient (Wildman–Crippen LogP) is 4.34. The van der Waals surface area contributed by atoms with Gasteiger partial charge in [-0.15, -0.1) is 11.3 Å². The van der Waals surface area contributed by atoms with Crippen LogP contribution in [0.1, 0.15) is 17.6 Å². The molecule has 2 atom stereocenters. The molecule has 5 rings (SSSR count). The van der Waals surface area contributed by atoms with Crippen molar-refractivity contribution in [2.24, 2.45) is 0 Å². The molecule has 0 saturated carbocycles. The third-order valence-corrected chi connectivity index (χ3v) is 7.24. The minimum Gasteiger partial charge on any atom is -0.491 e. The fourth-order valence-electron chi connectivity index (χ4n) is 4.51. The van der Waals surface area contributed by atoms with Gasteiger partial charge in [0.25, 0.3) is 0 Å². The highest BCUT2D eigenvalue weighted by atomic mass is 32.1. The van der Waals surface area contributed by atoms with Crippen LogP contribution in [0.5, 0.6) is 5.75 Å². The smallest absolute Gasteiger partial charge is 0.170 e. The number of aliphatic hydroxyl groups is 1. The first-order valence-corrected chi connectivity index (χ1v) is 12.6. The molecular weight excluding hydrogens is 467 g/mol. The predicted molar refractivity (Wildman–Crippen MR) is 134 cm³/mol. The second kappa shape index (κ2) is 10.4. The molecule has 1 aliphatic rings. The summed E-state index contributed by atoms with van der Waals surface area (Å²) in [6, 6.07) is 14.5. The van der Waals surface area contributed by atoms with E-state index in [1.54, 1.807) is 29.5 Å². The number of rotatable bonds is 8. The molecule has 1 aliphatic heterocycles. The van der Waals surface area contributed by atoms with Gasteiger partial charge in [-0.2, -0.15) is 0 Å². The van der Waals surface area contributed by atoms with Gasteiger partial charge in [-0.3, -0.25) is 9.80 Å². The Bertz CT molecular complexity index is 1290. The topological polar surface area (TPSA) is 74.9 Å². The monoisotopic (exact) mass is 496 g/mol. The lowest BCUT2D eigenvalue weighted by Gasteiger charge is -2.40. The van der Waals surface area contributed by atoms with Crippen molar-refractivity contribution in [1.82, 2.24) is 19.9 Å². The standard InChI is InChI=1S/C26H29FN4O3S/c1-17-13-30(15-20(32)16-33-21-7-8-26-24(12-21)28-18(2)35-26)9-10-31(17)14-19-11-25(34-29-19)22-5-3-4-6-23(22)27/h3-8,11-12,17,20,32H,9-10,13-16H2,1-2H3/t17?,20-/m0/s1. The number of nitrogens with zero attached hydrogens (tertiary/aromatic N) is 4. The van der Waals surface area contributed by atoms with Crippen LogP contribution in [-0.4, -0.2) is 70.0 Å². The summed E-state index contributed by atoms with van der Waals surface area (Å²) in [7, 11) is 0. The number of aliphatic hydroxyl groups excluding tert-OH is 1. The summed E-state index contributed by atoms with van der Waals surface area (Å²) in [5, 5.41) is 15.7. The summed E-state index contributed by atoms with van der Waals surface area (Å²) in [6.07, 6.45) is -0.583. The van der Waals surface area contributed by atoms with Crippen molar-refractivity contribution in [3.05, 3.63) is 65.0 Å². The van der Waals surface area contributed by atoms with E-state index in [1.165, 1.54) is 6.07 Å². The second-order valence-electron chi connectivity index (χ2n) is 9.07. The number of benzene rings is 2. The zero-order chi connectivity index (χ0) is 24.4. The van der Waals surface area contributed by atoms with Gasteiger partial charge in [0.15, 0.2) is 5.76 Å². The number of hydrogen-bond acceptors (Lipinski definition) is 8. The molecule has 2 aromatic heterocycles. The number of fused-ring (bicyclic) bond motifs is 1. The van der Waals surface area contributed by atoms with Gasteiger partial charge in [0.2, 0.25) is 0 Å². The van der Waals surface area contributed by atoms with Crippen LogP contribution < -0.4 is 4.74 Å². The van der Waals surface area contributed by atoms with Crippen LogP contribution in [0.15, 0.2) is 53.1 Å². The van der Waals surface area contributed by atoms with Gasteiger partial charge in [0, 0.05) is 50.9 Å². The molecule has 184 valence electrons. The van der Waals surface area contributed by atoms with Gasteiger partial charge >= 0.3 is 0 Å². The van der Waals surface area contributed by atoms with Crippen molar-refractivity contribution in [2.75, 3.05) is 32.8 Å². The van der Waals surface area contributed by atoms with Gasteiger partial charge in [-0.05, 0) is 38.1 Å². The molecule has 1 unspecified atom stereocenters. The number of ether oxygens (including phenoxy) is 1. The maximum absolute atomic E-state index is 14.0. The summed E-state index contributed by atoms with van der Waals surface area (Å²) < 4.78 is 26.4. The molecule has 9 heteroatoms. The number of hydrogen-bond donors (Lipinski definition) is 1. The van der Waals surface area contributed by atoms with E-state index in [4.69, 9.17) is 9.26 Å². The molecule has 3 heterocycles. The Hall–Kier alpha value is -2.85. The average Bonchev–Trinajstić information content (AvgIpc) is 3.45. The molecule has 7 nitrogen and oxygen atoms in total. The Kier molecular flexibility index (Phi) is 7.10. The first-order chi connectivity index (χ1) is 16.9. The van der Waals surface area contributed by atoms with Gasteiger partial charge in [0.1, 0.15) is 24.3 Å². The van der Waals surface area contributed by atoms with Crippen LogP contribution >= 0.6 is 11.3 Å². The molecule has 0 aliphatic carbocycles.